The highest BCUT2D eigenvalue weighted by atomic mass is 16.5. The van der Waals surface area contributed by atoms with Crippen LogP contribution in [-0.4, -0.2) is 54.6 Å². The van der Waals surface area contributed by atoms with Crippen LogP contribution in [0.2, 0.25) is 0 Å². The SMILES string of the molecule is COC(=O)C[C@H](N)c1ccc(OC)c(OC)c1.COC(=O)C[C@H](N)c1ccc(OC)c(OC)c1. The molecule has 0 bridgehead atoms. The highest BCUT2D eigenvalue weighted by molar-refractivity contribution is 5.70. The van der Waals surface area contributed by atoms with E-state index in [1.165, 1.54) is 14.2 Å². The molecule has 0 saturated carbocycles. The molecule has 4 N–H and O–H groups in total. The number of methoxy groups -OCH3 is 6. The van der Waals surface area contributed by atoms with E-state index in [2.05, 4.69) is 9.47 Å². The maximum absolute atomic E-state index is 11.1. The van der Waals surface area contributed by atoms with E-state index in [1.54, 1.807) is 64.8 Å². The van der Waals surface area contributed by atoms with E-state index in [9.17, 15) is 9.59 Å². The lowest BCUT2D eigenvalue weighted by Gasteiger charge is -2.13. The van der Waals surface area contributed by atoms with Crippen molar-refractivity contribution in [2.24, 2.45) is 11.5 Å². The van der Waals surface area contributed by atoms with E-state index in [4.69, 9.17) is 30.4 Å². The third-order valence-corrected chi connectivity index (χ3v) is 4.90. The summed E-state index contributed by atoms with van der Waals surface area (Å²) < 4.78 is 29.7. The molecule has 0 spiro atoms. The Morgan fingerprint density at radius 1 is 0.618 bits per heavy atom. The third-order valence-electron chi connectivity index (χ3n) is 4.90. The number of ether oxygens (including phenoxy) is 6. The van der Waals surface area contributed by atoms with Gasteiger partial charge in [-0.2, -0.15) is 0 Å². The van der Waals surface area contributed by atoms with Gasteiger partial charge >= 0.3 is 11.9 Å². The lowest BCUT2D eigenvalue weighted by molar-refractivity contribution is -0.141. The van der Waals surface area contributed by atoms with Crippen molar-refractivity contribution in [3.63, 3.8) is 0 Å². The monoisotopic (exact) mass is 478 g/mol. The van der Waals surface area contributed by atoms with Crippen LogP contribution in [0, 0.1) is 0 Å². The maximum Gasteiger partial charge on any atom is 0.307 e. The van der Waals surface area contributed by atoms with Crippen LogP contribution in [0.3, 0.4) is 0 Å². The fourth-order valence-corrected chi connectivity index (χ4v) is 2.93. The second-order valence-corrected chi connectivity index (χ2v) is 7.00. The Balaban J connectivity index is 0.000000340. The lowest BCUT2D eigenvalue weighted by Crippen LogP contribution is -2.16. The summed E-state index contributed by atoms with van der Waals surface area (Å²) in [6.07, 6.45) is 0.262. The summed E-state index contributed by atoms with van der Waals surface area (Å²) in [6, 6.07) is 9.80. The van der Waals surface area contributed by atoms with Crippen LogP contribution in [-0.2, 0) is 19.1 Å². The van der Waals surface area contributed by atoms with Gasteiger partial charge in [0.05, 0.1) is 55.5 Å². The van der Waals surface area contributed by atoms with Crippen molar-refractivity contribution in [3.05, 3.63) is 47.5 Å². The topological polar surface area (TPSA) is 142 Å². The minimum Gasteiger partial charge on any atom is -0.493 e. The summed E-state index contributed by atoms with van der Waals surface area (Å²) in [5.74, 6) is 1.75. The standard InChI is InChI=1S/2C12H17NO4/c2*1-15-10-5-4-8(6-11(10)16-2)9(13)7-12(14)17-3/h2*4-6,9H,7,13H2,1-3H3/t2*9-/m00/s1. The van der Waals surface area contributed by atoms with Crippen LogP contribution in [0.15, 0.2) is 36.4 Å². The zero-order chi connectivity index (χ0) is 25.7. The van der Waals surface area contributed by atoms with E-state index in [0.29, 0.717) is 23.0 Å². The van der Waals surface area contributed by atoms with Crippen molar-refractivity contribution in [2.45, 2.75) is 24.9 Å². The van der Waals surface area contributed by atoms with Crippen LogP contribution in [0.25, 0.3) is 0 Å². The van der Waals surface area contributed by atoms with Crippen LogP contribution in [0.5, 0.6) is 23.0 Å². The zero-order valence-corrected chi connectivity index (χ0v) is 20.5. The van der Waals surface area contributed by atoms with Crippen LogP contribution in [0.4, 0.5) is 0 Å². The Bertz CT molecular complexity index is 860. The van der Waals surface area contributed by atoms with Gasteiger partial charge in [0, 0.05) is 12.1 Å². The Morgan fingerprint density at radius 2 is 0.941 bits per heavy atom. The molecule has 34 heavy (non-hydrogen) atoms. The van der Waals surface area contributed by atoms with E-state index < -0.39 is 12.1 Å². The highest BCUT2D eigenvalue weighted by Crippen LogP contribution is 2.31. The molecule has 10 heteroatoms. The Kier molecular flexibility index (Phi) is 12.3. The molecule has 0 aromatic heterocycles. The van der Waals surface area contributed by atoms with E-state index in [-0.39, 0.29) is 24.8 Å². The molecule has 0 amide bonds. The van der Waals surface area contributed by atoms with Crippen LogP contribution < -0.4 is 30.4 Å². The quantitative estimate of drug-likeness (QED) is 0.489. The van der Waals surface area contributed by atoms with Crippen molar-refractivity contribution < 1.29 is 38.0 Å². The molecule has 0 aliphatic heterocycles. The van der Waals surface area contributed by atoms with E-state index in [1.807, 2.05) is 0 Å². The predicted molar refractivity (Wildman–Crippen MR) is 126 cm³/mol. The van der Waals surface area contributed by atoms with Gasteiger partial charge in [0.2, 0.25) is 0 Å². The number of esters is 2. The van der Waals surface area contributed by atoms with Gasteiger partial charge in [-0.25, -0.2) is 0 Å². The molecule has 2 aromatic rings. The zero-order valence-electron chi connectivity index (χ0n) is 20.5. The first-order chi connectivity index (χ1) is 16.2. The summed E-state index contributed by atoms with van der Waals surface area (Å²) in [5.41, 5.74) is 13.4. The summed E-state index contributed by atoms with van der Waals surface area (Å²) in [7, 11) is 8.89. The molecular formula is C24H34N2O8. The van der Waals surface area contributed by atoms with Crippen molar-refractivity contribution in [3.8, 4) is 23.0 Å². The molecular weight excluding hydrogens is 444 g/mol. The number of hydrogen-bond acceptors (Lipinski definition) is 10. The number of rotatable bonds is 10. The first kappa shape index (κ1) is 28.5. The summed E-state index contributed by atoms with van der Waals surface area (Å²) in [4.78, 5) is 22.2. The largest absolute Gasteiger partial charge is 0.493 e. The molecule has 2 rings (SSSR count). The summed E-state index contributed by atoms with van der Waals surface area (Å²) >= 11 is 0. The van der Waals surface area contributed by atoms with Crippen molar-refractivity contribution in [2.75, 3.05) is 42.7 Å². The van der Waals surface area contributed by atoms with Gasteiger partial charge in [-0.3, -0.25) is 9.59 Å². The molecule has 10 nitrogen and oxygen atoms in total. The molecule has 0 radical (unpaired) electrons. The second kappa shape index (κ2) is 14.6. The maximum atomic E-state index is 11.1. The fraction of sp³-hybridized carbons (Fsp3) is 0.417. The first-order valence-electron chi connectivity index (χ1n) is 10.3. The third kappa shape index (κ3) is 8.45. The van der Waals surface area contributed by atoms with Crippen molar-refractivity contribution in [1.82, 2.24) is 0 Å². The number of hydrogen-bond donors (Lipinski definition) is 2. The Hall–Kier alpha value is -3.50. The van der Waals surface area contributed by atoms with Gasteiger partial charge < -0.3 is 39.9 Å². The number of carbonyl (C=O) groups excluding carboxylic acids is 2. The summed E-state index contributed by atoms with van der Waals surface area (Å²) in [6.45, 7) is 0. The molecule has 0 aliphatic carbocycles. The van der Waals surface area contributed by atoms with E-state index >= 15 is 0 Å². The van der Waals surface area contributed by atoms with Crippen LogP contribution in [0.1, 0.15) is 36.1 Å². The average Bonchev–Trinajstić information content (AvgIpc) is 2.87. The molecule has 188 valence electrons. The predicted octanol–water partition coefficient (Wildman–Crippen LogP) is 2.53. The molecule has 0 aliphatic rings. The van der Waals surface area contributed by atoms with Crippen LogP contribution >= 0.6 is 0 Å². The van der Waals surface area contributed by atoms with Gasteiger partial charge in [-0.15, -0.1) is 0 Å². The van der Waals surface area contributed by atoms with Gasteiger partial charge in [0.25, 0.3) is 0 Å². The summed E-state index contributed by atoms with van der Waals surface area (Å²) in [5, 5.41) is 0. The smallest absolute Gasteiger partial charge is 0.307 e. The highest BCUT2D eigenvalue weighted by Gasteiger charge is 2.15. The minimum atomic E-state index is -0.415. The molecule has 0 fully saturated rings. The lowest BCUT2D eigenvalue weighted by atomic mass is 10.0. The molecule has 0 heterocycles. The number of nitrogens with two attached hydrogens (primary N) is 2. The molecule has 2 atom stereocenters. The minimum absolute atomic E-state index is 0.131. The van der Waals surface area contributed by atoms with Gasteiger partial charge in [-0.05, 0) is 35.4 Å². The molecule has 0 saturated heterocycles. The van der Waals surface area contributed by atoms with Gasteiger partial charge in [0.1, 0.15) is 0 Å². The van der Waals surface area contributed by atoms with E-state index in [0.717, 1.165) is 11.1 Å². The average molecular weight is 479 g/mol. The normalized spacial score (nSPS) is 11.8. The van der Waals surface area contributed by atoms with Crippen molar-refractivity contribution >= 4 is 11.9 Å². The van der Waals surface area contributed by atoms with Gasteiger partial charge in [0.15, 0.2) is 23.0 Å². The Morgan fingerprint density at radius 3 is 1.21 bits per heavy atom. The first-order valence-corrected chi connectivity index (χ1v) is 10.3. The van der Waals surface area contributed by atoms with Crippen molar-refractivity contribution in [1.29, 1.82) is 0 Å². The molecule has 0 unspecified atom stereocenters. The fourth-order valence-electron chi connectivity index (χ4n) is 2.93. The Labute approximate surface area is 200 Å². The second-order valence-electron chi connectivity index (χ2n) is 7.00. The van der Waals surface area contributed by atoms with Gasteiger partial charge in [-0.1, -0.05) is 12.1 Å². The molecule has 2 aromatic carbocycles. The number of carbonyl (C=O) groups is 2. The number of benzene rings is 2.